The van der Waals surface area contributed by atoms with E-state index in [9.17, 15) is 4.79 Å². The molecule has 0 bridgehead atoms. The highest BCUT2D eigenvalue weighted by molar-refractivity contribution is 5.78. The number of carbonyl (C=O) groups is 1. The Morgan fingerprint density at radius 3 is 2.00 bits per heavy atom. The molecule has 4 aromatic rings. The average Bonchev–Trinajstić information content (AvgIpc) is 3.28. The van der Waals surface area contributed by atoms with Crippen LogP contribution >= 0.6 is 0 Å². The van der Waals surface area contributed by atoms with Crippen molar-refractivity contribution >= 4 is 23.0 Å². The van der Waals surface area contributed by atoms with Crippen molar-refractivity contribution in [1.29, 1.82) is 0 Å². The summed E-state index contributed by atoms with van der Waals surface area (Å²) >= 11 is 0. The molecule has 0 saturated carbocycles. The second-order valence-electron chi connectivity index (χ2n) is 7.76. The van der Waals surface area contributed by atoms with E-state index in [1.165, 1.54) is 0 Å². The van der Waals surface area contributed by atoms with Crippen LogP contribution in [-0.4, -0.2) is 47.1 Å². The van der Waals surface area contributed by atoms with Crippen LogP contribution in [-0.2, 0) is 0 Å². The molecule has 6 heteroatoms. The predicted octanol–water partition coefficient (Wildman–Crippen LogP) is 4.18. The van der Waals surface area contributed by atoms with Crippen LogP contribution in [0.4, 0.5) is 10.7 Å². The second-order valence-corrected chi connectivity index (χ2v) is 7.76. The molecule has 2 amide bonds. The van der Waals surface area contributed by atoms with E-state index in [-0.39, 0.29) is 12.1 Å². The highest BCUT2D eigenvalue weighted by atomic mass is 16.2. The van der Waals surface area contributed by atoms with Crippen LogP contribution in [0.5, 0.6) is 0 Å². The Bertz CT molecular complexity index is 1080. The molecule has 0 spiro atoms. The van der Waals surface area contributed by atoms with Gasteiger partial charge in [-0.25, -0.2) is 9.78 Å². The van der Waals surface area contributed by atoms with Crippen molar-refractivity contribution in [2.75, 3.05) is 31.1 Å². The minimum atomic E-state index is -0.177. The largest absolute Gasteiger partial charge is 0.339 e. The van der Waals surface area contributed by atoms with E-state index >= 15 is 0 Å². The summed E-state index contributed by atoms with van der Waals surface area (Å²) in [7, 11) is 0. The lowest BCUT2D eigenvalue weighted by Crippen LogP contribution is -2.52. The fourth-order valence-electron chi connectivity index (χ4n) is 4.08. The fourth-order valence-corrected chi connectivity index (χ4v) is 4.08. The number of H-pyrrole nitrogens is 1. The van der Waals surface area contributed by atoms with Crippen molar-refractivity contribution in [1.82, 2.24) is 20.2 Å². The summed E-state index contributed by atoms with van der Waals surface area (Å²) in [6, 6.07) is 28.0. The molecule has 1 aliphatic heterocycles. The van der Waals surface area contributed by atoms with Gasteiger partial charge in [-0.3, -0.25) is 0 Å². The minimum Gasteiger partial charge on any atom is -0.339 e. The maximum absolute atomic E-state index is 13.1. The molecular formula is C25H25N5O. The van der Waals surface area contributed by atoms with Gasteiger partial charge >= 0.3 is 6.03 Å². The maximum atomic E-state index is 13.1. The summed E-state index contributed by atoms with van der Waals surface area (Å²) in [6.07, 6.45) is 0. The van der Waals surface area contributed by atoms with Gasteiger partial charge in [-0.15, -0.1) is 0 Å². The first-order valence-corrected chi connectivity index (χ1v) is 10.6. The van der Waals surface area contributed by atoms with Crippen molar-refractivity contribution < 1.29 is 4.79 Å². The molecule has 0 unspecified atom stereocenters. The van der Waals surface area contributed by atoms with Gasteiger partial charge in [-0.2, -0.15) is 0 Å². The lowest BCUT2D eigenvalue weighted by molar-refractivity contribution is 0.191. The Morgan fingerprint density at radius 2 is 1.39 bits per heavy atom. The van der Waals surface area contributed by atoms with Gasteiger partial charge in [0.1, 0.15) is 0 Å². The number of anilines is 1. The summed E-state index contributed by atoms with van der Waals surface area (Å²) in [5.74, 6) is 0.868. The maximum Gasteiger partial charge on any atom is 0.318 e. The molecule has 3 aromatic carbocycles. The first kappa shape index (κ1) is 19.2. The Kier molecular flexibility index (Phi) is 5.27. The van der Waals surface area contributed by atoms with Crippen LogP contribution in [0.25, 0.3) is 11.0 Å². The molecule has 0 atom stereocenters. The van der Waals surface area contributed by atoms with Gasteiger partial charge in [0.25, 0.3) is 0 Å². The van der Waals surface area contributed by atoms with Crippen molar-refractivity contribution in [2.24, 2.45) is 0 Å². The van der Waals surface area contributed by atoms with Gasteiger partial charge in [0, 0.05) is 26.2 Å². The summed E-state index contributed by atoms with van der Waals surface area (Å²) in [6.45, 7) is 2.79. The molecule has 1 fully saturated rings. The van der Waals surface area contributed by atoms with Gasteiger partial charge in [-0.1, -0.05) is 72.8 Å². The first-order chi connectivity index (χ1) is 15.3. The number of amides is 2. The zero-order valence-electron chi connectivity index (χ0n) is 17.2. The minimum absolute atomic E-state index is 0.0398. The zero-order chi connectivity index (χ0) is 21.0. The van der Waals surface area contributed by atoms with E-state index < -0.39 is 0 Å². The highest BCUT2D eigenvalue weighted by Crippen LogP contribution is 2.23. The monoisotopic (exact) mass is 411 g/mol. The molecule has 6 nitrogen and oxygen atoms in total. The van der Waals surface area contributed by atoms with Gasteiger partial charge in [0.2, 0.25) is 5.95 Å². The predicted molar refractivity (Wildman–Crippen MR) is 123 cm³/mol. The topological polar surface area (TPSA) is 64.3 Å². The number of carbonyl (C=O) groups excluding carboxylic acids is 1. The number of rotatable bonds is 4. The lowest BCUT2D eigenvalue weighted by Gasteiger charge is -2.35. The summed E-state index contributed by atoms with van der Waals surface area (Å²) < 4.78 is 0. The van der Waals surface area contributed by atoms with E-state index in [4.69, 9.17) is 0 Å². The van der Waals surface area contributed by atoms with Gasteiger partial charge < -0.3 is 20.1 Å². The SMILES string of the molecule is O=C(NC(c1ccccc1)c1ccccc1)N1CCN(c2nc3ccccc3[nH]2)CC1. The Morgan fingerprint density at radius 1 is 0.806 bits per heavy atom. The average molecular weight is 412 g/mol. The number of aromatic amines is 1. The number of nitrogens with zero attached hydrogens (tertiary/aromatic N) is 3. The number of hydrogen-bond acceptors (Lipinski definition) is 3. The molecule has 2 heterocycles. The third-order valence-corrected chi connectivity index (χ3v) is 5.78. The smallest absolute Gasteiger partial charge is 0.318 e. The van der Waals surface area contributed by atoms with Crippen molar-refractivity contribution in [3.8, 4) is 0 Å². The lowest BCUT2D eigenvalue weighted by atomic mass is 9.99. The summed E-state index contributed by atoms with van der Waals surface area (Å²) in [5.41, 5.74) is 4.14. The van der Waals surface area contributed by atoms with Crippen LogP contribution in [0.3, 0.4) is 0 Å². The number of imidazole rings is 1. The van der Waals surface area contributed by atoms with E-state index in [2.05, 4.69) is 44.5 Å². The van der Waals surface area contributed by atoms with E-state index in [1.54, 1.807) is 0 Å². The van der Waals surface area contributed by atoms with Crippen LogP contribution < -0.4 is 10.2 Å². The molecule has 1 saturated heterocycles. The Labute approximate surface area is 181 Å². The molecule has 156 valence electrons. The number of hydrogen-bond donors (Lipinski definition) is 2. The molecule has 0 radical (unpaired) electrons. The second kappa shape index (κ2) is 8.52. The van der Waals surface area contributed by atoms with Crippen molar-refractivity contribution in [2.45, 2.75) is 6.04 Å². The molecule has 1 aromatic heterocycles. The first-order valence-electron chi connectivity index (χ1n) is 10.6. The number of aromatic nitrogens is 2. The standard InChI is InChI=1S/C25H25N5O/c31-25(28-23(19-9-3-1-4-10-19)20-11-5-2-6-12-20)30-17-15-29(16-18-30)24-26-21-13-7-8-14-22(21)27-24/h1-14,23H,15-18H2,(H,26,27)(H,28,31). The van der Waals surface area contributed by atoms with Crippen molar-refractivity contribution in [3.63, 3.8) is 0 Å². The van der Waals surface area contributed by atoms with Gasteiger partial charge in [0.15, 0.2) is 0 Å². The quantitative estimate of drug-likeness (QED) is 0.529. The molecule has 1 aliphatic rings. The van der Waals surface area contributed by atoms with E-state index in [0.717, 1.165) is 41.2 Å². The van der Waals surface area contributed by atoms with Crippen LogP contribution in [0, 0.1) is 0 Å². The summed E-state index contributed by atoms with van der Waals surface area (Å²) in [5, 5.41) is 3.24. The number of para-hydroxylation sites is 2. The normalized spacial score (nSPS) is 14.2. The van der Waals surface area contributed by atoms with Crippen LogP contribution in [0.1, 0.15) is 17.2 Å². The number of benzene rings is 3. The molecule has 0 aliphatic carbocycles. The number of piperazine rings is 1. The van der Waals surface area contributed by atoms with Crippen molar-refractivity contribution in [3.05, 3.63) is 96.1 Å². The van der Waals surface area contributed by atoms with Gasteiger partial charge in [-0.05, 0) is 23.3 Å². The number of urea groups is 1. The fraction of sp³-hybridized carbons (Fsp3) is 0.200. The number of fused-ring (bicyclic) bond motifs is 1. The third kappa shape index (κ3) is 4.10. The van der Waals surface area contributed by atoms with Gasteiger partial charge in [0.05, 0.1) is 17.1 Å². The third-order valence-electron chi connectivity index (χ3n) is 5.78. The van der Waals surface area contributed by atoms with E-state index in [1.807, 2.05) is 65.6 Å². The van der Waals surface area contributed by atoms with Crippen LogP contribution in [0.2, 0.25) is 0 Å². The molecule has 31 heavy (non-hydrogen) atoms. The molecule has 2 N–H and O–H groups in total. The van der Waals surface area contributed by atoms with Crippen LogP contribution in [0.15, 0.2) is 84.9 Å². The zero-order valence-corrected chi connectivity index (χ0v) is 17.2. The Balaban J connectivity index is 1.27. The summed E-state index contributed by atoms with van der Waals surface area (Å²) in [4.78, 5) is 25.3. The Hall–Kier alpha value is -3.80. The molecule has 5 rings (SSSR count). The van der Waals surface area contributed by atoms with E-state index in [0.29, 0.717) is 13.1 Å². The number of nitrogens with one attached hydrogen (secondary N) is 2. The molecular weight excluding hydrogens is 386 g/mol. The highest BCUT2D eigenvalue weighted by Gasteiger charge is 2.25.